The molecule has 6 nitrogen and oxygen atoms in total. The number of aryl methyl sites for hydroxylation is 2. The number of amides is 1. The van der Waals surface area contributed by atoms with Crippen LogP contribution in [0.4, 0.5) is 0 Å². The summed E-state index contributed by atoms with van der Waals surface area (Å²) in [5, 5.41) is 14.0. The molecule has 1 aliphatic heterocycles. The molecule has 1 aromatic rings. The van der Waals surface area contributed by atoms with Gasteiger partial charge in [-0.3, -0.25) is 14.3 Å². The van der Waals surface area contributed by atoms with Gasteiger partial charge in [0, 0.05) is 30.8 Å². The molecule has 2 aliphatic rings. The lowest BCUT2D eigenvalue weighted by molar-refractivity contribution is -0.152. The smallest absolute Gasteiger partial charge is 0.308 e. The highest BCUT2D eigenvalue weighted by Gasteiger charge is 2.48. The van der Waals surface area contributed by atoms with Crippen molar-refractivity contribution in [3.05, 3.63) is 17.0 Å². The Labute approximate surface area is 123 Å². The molecule has 114 valence electrons. The number of carbonyl (C=O) groups excluding carboxylic acids is 1. The number of carboxylic acids is 1. The standard InChI is InChI=1S/C15H21N3O3/c1-8-13(9(2)17(3)16-8)14-11(15(20)21)6-7-12(19)18(14)10-4-5-10/h10-11,14H,4-7H2,1-3H3,(H,20,21). The second kappa shape index (κ2) is 4.86. The van der Waals surface area contributed by atoms with Crippen LogP contribution in [0.15, 0.2) is 0 Å². The molecule has 1 saturated carbocycles. The largest absolute Gasteiger partial charge is 0.481 e. The van der Waals surface area contributed by atoms with E-state index in [1.165, 1.54) is 0 Å². The predicted molar refractivity (Wildman–Crippen MR) is 75.7 cm³/mol. The van der Waals surface area contributed by atoms with Gasteiger partial charge < -0.3 is 10.0 Å². The fourth-order valence-corrected chi connectivity index (χ4v) is 3.52. The monoisotopic (exact) mass is 291 g/mol. The third-order valence-corrected chi connectivity index (χ3v) is 4.76. The van der Waals surface area contributed by atoms with Crippen molar-refractivity contribution in [3.63, 3.8) is 0 Å². The summed E-state index contributed by atoms with van der Waals surface area (Å²) in [4.78, 5) is 25.9. The number of carboxylic acid groups (broad SMARTS) is 1. The number of aliphatic carboxylic acids is 1. The van der Waals surface area contributed by atoms with Gasteiger partial charge in [-0.25, -0.2) is 0 Å². The van der Waals surface area contributed by atoms with Crippen LogP contribution in [0.25, 0.3) is 0 Å². The molecule has 21 heavy (non-hydrogen) atoms. The summed E-state index contributed by atoms with van der Waals surface area (Å²) in [6.45, 7) is 3.84. The average Bonchev–Trinajstić information content (AvgIpc) is 3.19. The van der Waals surface area contributed by atoms with Gasteiger partial charge in [0.25, 0.3) is 0 Å². The van der Waals surface area contributed by atoms with E-state index in [2.05, 4.69) is 5.10 Å². The molecule has 2 heterocycles. The maximum absolute atomic E-state index is 12.4. The molecule has 3 rings (SSSR count). The number of aromatic nitrogens is 2. The summed E-state index contributed by atoms with van der Waals surface area (Å²) in [7, 11) is 1.85. The van der Waals surface area contributed by atoms with Crippen molar-refractivity contribution in [2.24, 2.45) is 13.0 Å². The highest BCUT2D eigenvalue weighted by Crippen LogP contribution is 2.45. The molecule has 1 aliphatic carbocycles. The van der Waals surface area contributed by atoms with Gasteiger partial charge in [-0.05, 0) is 33.1 Å². The van der Waals surface area contributed by atoms with Gasteiger partial charge in [0.2, 0.25) is 5.91 Å². The molecule has 0 spiro atoms. The zero-order chi connectivity index (χ0) is 15.3. The number of nitrogens with zero attached hydrogens (tertiary/aromatic N) is 3. The Balaban J connectivity index is 2.10. The first-order chi connectivity index (χ1) is 9.91. The van der Waals surface area contributed by atoms with E-state index in [9.17, 15) is 14.7 Å². The van der Waals surface area contributed by atoms with Crippen molar-refractivity contribution in [1.82, 2.24) is 14.7 Å². The Bertz CT molecular complexity index is 604. The summed E-state index contributed by atoms with van der Waals surface area (Å²) in [5.41, 5.74) is 2.69. The van der Waals surface area contributed by atoms with Gasteiger partial charge in [0.15, 0.2) is 0 Å². The molecule has 0 radical (unpaired) electrons. The Morgan fingerprint density at radius 2 is 1.95 bits per heavy atom. The zero-order valence-corrected chi connectivity index (χ0v) is 12.7. The summed E-state index contributed by atoms with van der Waals surface area (Å²) in [6.07, 6.45) is 2.71. The van der Waals surface area contributed by atoms with Gasteiger partial charge in [0.05, 0.1) is 17.7 Å². The topological polar surface area (TPSA) is 75.4 Å². The molecule has 2 unspecified atom stereocenters. The van der Waals surface area contributed by atoms with Crippen LogP contribution in [0.5, 0.6) is 0 Å². The van der Waals surface area contributed by atoms with Gasteiger partial charge in [0.1, 0.15) is 0 Å². The minimum Gasteiger partial charge on any atom is -0.481 e. The Morgan fingerprint density at radius 3 is 2.43 bits per heavy atom. The summed E-state index contributed by atoms with van der Waals surface area (Å²) < 4.78 is 1.77. The van der Waals surface area contributed by atoms with Crippen molar-refractivity contribution >= 4 is 11.9 Å². The van der Waals surface area contributed by atoms with Crippen molar-refractivity contribution < 1.29 is 14.7 Å². The van der Waals surface area contributed by atoms with E-state index in [0.29, 0.717) is 12.8 Å². The van der Waals surface area contributed by atoms with E-state index in [1.807, 2.05) is 25.8 Å². The SMILES string of the molecule is Cc1nn(C)c(C)c1C1C(C(=O)O)CCC(=O)N1C1CC1. The fraction of sp³-hybridized carbons (Fsp3) is 0.667. The highest BCUT2D eigenvalue weighted by molar-refractivity contribution is 5.82. The fourth-order valence-electron chi connectivity index (χ4n) is 3.52. The van der Waals surface area contributed by atoms with Crippen LogP contribution in [0, 0.1) is 19.8 Å². The van der Waals surface area contributed by atoms with Crippen LogP contribution >= 0.6 is 0 Å². The van der Waals surface area contributed by atoms with Crippen molar-refractivity contribution in [3.8, 4) is 0 Å². The van der Waals surface area contributed by atoms with Crippen LogP contribution in [-0.4, -0.2) is 37.7 Å². The lowest BCUT2D eigenvalue weighted by Crippen LogP contribution is -2.46. The third-order valence-electron chi connectivity index (χ3n) is 4.76. The molecule has 2 atom stereocenters. The van der Waals surface area contributed by atoms with Gasteiger partial charge in [-0.1, -0.05) is 0 Å². The molecular formula is C15H21N3O3. The zero-order valence-electron chi connectivity index (χ0n) is 12.7. The normalized spacial score (nSPS) is 26.2. The number of hydrogen-bond donors (Lipinski definition) is 1. The van der Waals surface area contributed by atoms with E-state index in [0.717, 1.165) is 29.8 Å². The lowest BCUT2D eigenvalue weighted by Gasteiger charge is -2.40. The maximum Gasteiger partial charge on any atom is 0.308 e. The molecule has 6 heteroatoms. The van der Waals surface area contributed by atoms with Crippen molar-refractivity contribution in [2.75, 3.05) is 0 Å². The number of carbonyl (C=O) groups is 2. The number of hydrogen-bond acceptors (Lipinski definition) is 3. The Kier molecular flexibility index (Phi) is 3.26. The first-order valence-corrected chi connectivity index (χ1v) is 7.46. The van der Waals surface area contributed by atoms with Crippen LogP contribution < -0.4 is 0 Å². The molecule has 1 amide bonds. The Hall–Kier alpha value is -1.85. The number of piperidine rings is 1. The summed E-state index contributed by atoms with van der Waals surface area (Å²) in [5.74, 6) is -1.27. The molecule has 2 fully saturated rings. The predicted octanol–water partition coefficient (Wildman–Crippen LogP) is 1.56. The maximum atomic E-state index is 12.4. The number of rotatable bonds is 3. The molecule has 0 bridgehead atoms. The third kappa shape index (κ3) is 2.22. The van der Waals surface area contributed by atoms with E-state index in [-0.39, 0.29) is 18.0 Å². The highest BCUT2D eigenvalue weighted by atomic mass is 16.4. The van der Waals surface area contributed by atoms with Crippen LogP contribution in [-0.2, 0) is 16.6 Å². The van der Waals surface area contributed by atoms with Crippen LogP contribution in [0.3, 0.4) is 0 Å². The minimum atomic E-state index is -0.819. The second-order valence-corrected chi connectivity index (χ2v) is 6.17. The quantitative estimate of drug-likeness (QED) is 0.917. The Morgan fingerprint density at radius 1 is 1.29 bits per heavy atom. The molecular weight excluding hydrogens is 270 g/mol. The van der Waals surface area contributed by atoms with E-state index in [1.54, 1.807) is 4.68 Å². The first-order valence-electron chi connectivity index (χ1n) is 7.46. The second-order valence-electron chi connectivity index (χ2n) is 6.17. The van der Waals surface area contributed by atoms with Gasteiger partial charge in [-0.15, -0.1) is 0 Å². The molecule has 1 saturated heterocycles. The summed E-state index contributed by atoms with van der Waals surface area (Å²) in [6, 6.07) is -0.159. The first kappa shape index (κ1) is 14.1. The molecule has 0 aromatic carbocycles. The number of likely N-dealkylation sites (tertiary alicyclic amines) is 1. The minimum absolute atomic E-state index is 0.0858. The van der Waals surface area contributed by atoms with Crippen molar-refractivity contribution in [2.45, 2.75) is 51.6 Å². The average molecular weight is 291 g/mol. The van der Waals surface area contributed by atoms with Gasteiger partial charge in [-0.2, -0.15) is 5.10 Å². The summed E-state index contributed by atoms with van der Waals surface area (Å²) >= 11 is 0. The van der Waals surface area contributed by atoms with E-state index < -0.39 is 11.9 Å². The molecule has 1 aromatic heterocycles. The lowest BCUT2D eigenvalue weighted by atomic mass is 9.83. The van der Waals surface area contributed by atoms with E-state index in [4.69, 9.17) is 0 Å². The molecule has 1 N–H and O–H groups in total. The van der Waals surface area contributed by atoms with Gasteiger partial charge >= 0.3 is 5.97 Å². The van der Waals surface area contributed by atoms with Crippen LogP contribution in [0.1, 0.15) is 48.7 Å². The van der Waals surface area contributed by atoms with Crippen LogP contribution in [0.2, 0.25) is 0 Å². The van der Waals surface area contributed by atoms with Crippen molar-refractivity contribution in [1.29, 1.82) is 0 Å². The van der Waals surface area contributed by atoms with E-state index >= 15 is 0 Å².